The molecule has 0 aliphatic rings. The number of nitrogens with zero attached hydrogens (tertiary/aromatic N) is 2. The van der Waals surface area contributed by atoms with Crippen molar-refractivity contribution < 1.29 is 9.90 Å². The van der Waals surface area contributed by atoms with Crippen LogP contribution in [0.1, 0.15) is 37.1 Å². The Morgan fingerprint density at radius 1 is 1.41 bits per heavy atom. The van der Waals surface area contributed by atoms with E-state index in [9.17, 15) is 4.79 Å². The van der Waals surface area contributed by atoms with Crippen molar-refractivity contribution in [2.75, 3.05) is 0 Å². The molecule has 0 aliphatic heterocycles. The highest BCUT2D eigenvalue weighted by Gasteiger charge is 2.25. The molecule has 2 aromatic heterocycles. The number of halogens is 1. The van der Waals surface area contributed by atoms with E-state index in [4.69, 9.17) is 5.11 Å². The van der Waals surface area contributed by atoms with Crippen LogP contribution in [0.25, 0.3) is 5.52 Å². The predicted octanol–water partition coefficient (Wildman–Crippen LogP) is 3.09. The van der Waals surface area contributed by atoms with Gasteiger partial charge in [0.05, 0.1) is 10.1 Å². The molecule has 0 unspecified atom stereocenters. The van der Waals surface area contributed by atoms with Crippen molar-refractivity contribution in [2.45, 2.75) is 26.2 Å². The van der Waals surface area contributed by atoms with E-state index in [0.29, 0.717) is 5.52 Å². The summed E-state index contributed by atoms with van der Waals surface area (Å²) in [4.78, 5) is 15.4. The Morgan fingerprint density at radius 2 is 2.06 bits per heavy atom. The molecular weight excluding hydrogens is 284 g/mol. The molecule has 0 fully saturated rings. The topological polar surface area (TPSA) is 54.6 Å². The molecule has 17 heavy (non-hydrogen) atoms. The highest BCUT2D eigenvalue weighted by molar-refractivity contribution is 9.10. The highest BCUT2D eigenvalue weighted by atomic mass is 79.9. The summed E-state index contributed by atoms with van der Waals surface area (Å²) in [5.41, 5.74) is 0.480. The second kappa shape index (κ2) is 3.84. The summed E-state index contributed by atoms with van der Waals surface area (Å²) in [6.07, 6.45) is 0. The lowest BCUT2D eigenvalue weighted by molar-refractivity contribution is 0.0693. The van der Waals surface area contributed by atoms with E-state index in [-0.39, 0.29) is 11.1 Å². The lowest BCUT2D eigenvalue weighted by Crippen LogP contribution is -2.16. The first-order valence-electron chi connectivity index (χ1n) is 5.23. The van der Waals surface area contributed by atoms with E-state index in [0.717, 1.165) is 10.4 Å². The molecule has 0 aromatic carbocycles. The van der Waals surface area contributed by atoms with Crippen molar-refractivity contribution >= 4 is 27.4 Å². The quantitative estimate of drug-likeness (QED) is 0.823. The summed E-state index contributed by atoms with van der Waals surface area (Å²) in [6, 6.07) is 5.44. The van der Waals surface area contributed by atoms with Gasteiger partial charge >= 0.3 is 5.97 Å². The summed E-state index contributed by atoms with van der Waals surface area (Å²) < 4.78 is 2.64. The van der Waals surface area contributed by atoms with Crippen molar-refractivity contribution in [1.29, 1.82) is 0 Å². The molecule has 5 heteroatoms. The van der Waals surface area contributed by atoms with Crippen LogP contribution in [-0.2, 0) is 5.41 Å². The van der Waals surface area contributed by atoms with E-state index in [1.807, 2.05) is 31.2 Å². The first kappa shape index (κ1) is 12.1. The van der Waals surface area contributed by atoms with E-state index < -0.39 is 5.97 Å². The molecule has 4 nitrogen and oxygen atoms in total. The monoisotopic (exact) mass is 296 g/mol. The van der Waals surface area contributed by atoms with Crippen LogP contribution in [0.4, 0.5) is 0 Å². The molecule has 0 radical (unpaired) electrons. The molecular formula is C12H13BrN2O2. The second-order valence-electron chi connectivity index (χ2n) is 4.91. The Labute approximate surface area is 107 Å². The lowest BCUT2D eigenvalue weighted by Gasteiger charge is -2.17. The Balaban J connectivity index is 2.91. The standard InChI is InChI=1S/C12H13BrN2O2/c1-12(2,3)11-14-9(10(16)17)7-5-4-6-8(13)15(7)11/h4-6H,1-3H3,(H,16,17). The van der Waals surface area contributed by atoms with Crippen LogP contribution in [0.15, 0.2) is 22.8 Å². The van der Waals surface area contributed by atoms with E-state index in [1.165, 1.54) is 0 Å². The number of pyridine rings is 1. The number of fused-ring (bicyclic) bond motifs is 1. The first-order valence-corrected chi connectivity index (χ1v) is 6.02. The molecule has 0 atom stereocenters. The summed E-state index contributed by atoms with van der Waals surface area (Å²) >= 11 is 3.43. The Morgan fingerprint density at radius 3 is 2.59 bits per heavy atom. The maximum absolute atomic E-state index is 11.2. The predicted molar refractivity (Wildman–Crippen MR) is 68.6 cm³/mol. The van der Waals surface area contributed by atoms with E-state index >= 15 is 0 Å². The number of hydrogen-bond donors (Lipinski definition) is 1. The minimum Gasteiger partial charge on any atom is -0.476 e. The lowest BCUT2D eigenvalue weighted by atomic mass is 9.96. The summed E-state index contributed by atoms with van der Waals surface area (Å²) in [7, 11) is 0. The average molecular weight is 297 g/mol. The number of rotatable bonds is 1. The zero-order valence-corrected chi connectivity index (χ0v) is 11.4. The van der Waals surface area contributed by atoms with Crippen LogP contribution >= 0.6 is 15.9 Å². The maximum Gasteiger partial charge on any atom is 0.356 e. The van der Waals surface area contributed by atoms with Crippen LogP contribution in [0.5, 0.6) is 0 Å². The minimum absolute atomic E-state index is 0.0937. The molecule has 0 spiro atoms. The van der Waals surface area contributed by atoms with Gasteiger partial charge in [0, 0.05) is 5.41 Å². The van der Waals surface area contributed by atoms with Gasteiger partial charge in [0.2, 0.25) is 0 Å². The molecule has 1 N–H and O–H groups in total. The molecule has 0 saturated heterocycles. The summed E-state index contributed by atoms with van der Waals surface area (Å²) in [5.74, 6) is -0.270. The molecule has 90 valence electrons. The fourth-order valence-electron chi connectivity index (χ4n) is 1.76. The minimum atomic E-state index is -1.00. The van der Waals surface area contributed by atoms with Crippen LogP contribution in [0.3, 0.4) is 0 Å². The third-order valence-electron chi connectivity index (χ3n) is 2.49. The fourth-order valence-corrected chi connectivity index (χ4v) is 2.27. The van der Waals surface area contributed by atoms with Crippen LogP contribution < -0.4 is 0 Å². The van der Waals surface area contributed by atoms with E-state index in [1.54, 1.807) is 12.1 Å². The number of aromatic carboxylic acids is 1. The molecule has 2 rings (SSSR count). The normalized spacial score (nSPS) is 12.0. The van der Waals surface area contributed by atoms with Gasteiger partial charge in [-0.3, -0.25) is 4.40 Å². The van der Waals surface area contributed by atoms with Gasteiger partial charge in [-0.15, -0.1) is 0 Å². The maximum atomic E-state index is 11.2. The third kappa shape index (κ3) is 1.95. The molecule has 0 bridgehead atoms. The van der Waals surface area contributed by atoms with Gasteiger partial charge in [0.15, 0.2) is 5.69 Å². The van der Waals surface area contributed by atoms with Crippen molar-refractivity contribution in [1.82, 2.24) is 9.38 Å². The van der Waals surface area contributed by atoms with Crippen molar-refractivity contribution in [3.05, 3.63) is 34.3 Å². The zero-order chi connectivity index (χ0) is 12.8. The van der Waals surface area contributed by atoms with Gasteiger partial charge in [-0.05, 0) is 28.1 Å². The number of imidazole rings is 1. The van der Waals surface area contributed by atoms with E-state index in [2.05, 4.69) is 20.9 Å². The van der Waals surface area contributed by atoms with Gasteiger partial charge in [0.25, 0.3) is 0 Å². The fraction of sp³-hybridized carbons (Fsp3) is 0.333. The Bertz CT molecular complexity index is 596. The van der Waals surface area contributed by atoms with Crippen LogP contribution in [0.2, 0.25) is 0 Å². The van der Waals surface area contributed by atoms with Gasteiger partial charge < -0.3 is 5.11 Å². The SMILES string of the molecule is CC(C)(C)c1nc(C(=O)O)c2cccc(Br)n12. The second-order valence-corrected chi connectivity index (χ2v) is 5.72. The third-order valence-corrected chi connectivity index (χ3v) is 3.11. The summed E-state index contributed by atoms with van der Waals surface area (Å²) in [5, 5.41) is 9.16. The largest absolute Gasteiger partial charge is 0.476 e. The number of carboxylic acid groups (broad SMARTS) is 1. The Hall–Kier alpha value is -1.36. The summed E-state index contributed by atoms with van der Waals surface area (Å²) in [6.45, 7) is 6.02. The number of carbonyl (C=O) groups is 1. The van der Waals surface area contributed by atoms with Crippen molar-refractivity contribution in [2.24, 2.45) is 0 Å². The molecule has 2 heterocycles. The van der Waals surface area contributed by atoms with Gasteiger partial charge in [0.1, 0.15) is 5.82 Å². The van der Waals surface area contributed by atoms with Crippen molar-refractivity contribution in [3.8, 4) is 0 Å². The molecule has 0 aliphatic carbocycles. The average Bonchev–Trinajstić information content (AvgIpc) is 2.57. The number of carboxylic acids is 1. The van der Waals surface area contributed by atoms with Gasteiger partial charge in [-0.25, -0.2) is 9.78 Å². The van der Waals surface area contributed by atoms with Gasteiger partial charge in [-0.1, -0.05) is 26.8 Å². The zero-order valence-electron chi connectivity index (χ0n) is 9.86. The molecule has 0 saturated carbocycles. The smallest absolute Gasteiger partial charge is 0.356 e. The number of hydrogen-bond acceptors (Lipinski definition) is 2. The van der Waals surface area contributed by atoms with Crippen LogP contribution in [-0.4, -0.2) is 20.5 Å². The van der Waals surface area contributed by atoms with Gasteiger partial charge in [-0.2, -0.15) is 0 Å². The molecule has 2 aromatic rings. The van der Waals surface area contributed by atoms with Crippen LogP contribution in [0, 0.1) is 0 Å². The highest BCUT2D eigenvalue weighted by Crippen LogP contribution is 2.27. The van der Waals surface area contributed by atoms with Crippen molar-refractivity contribution in [3.63, 3.8) is 0 Å². The number of aromatic nitrogens is 2. The molecule has 0 amide bonds. The Kier molecular flexibility index (Phi) is 2.73. The first-order chi connectivity index (χ1) is 7.82.